The molecule has 28 heavy (non-hydrogen) atoms. The Morgan fingerprint density at radius 2 is 2.18 bits per heavy atom. The molecule has 0 radical (unpaired) electrons. The number of aromatic amines is 1. The van der Waals surface area contributed by atoms with Gasteiger partial charge in [-0.05, 0) is 55.5 Å². The van der Waals surface area contributed by atoms with Gasteiger partial charge in [0.15, 0.2) is 0 Å². The molecule has 1 fully saturated rings. The number of anilines is 1. The number of fused-ring (bicyclic) bond motifs is 1. The van der Waals surface area contributed by atoms with Gasteiger partial charge in [-0.1, -0.05) is 35.9 Å². The molecule has 1 aromatic heterocycles. The fourth-order valence-electron chi connectivity index (χ4n) is 3.86. The maximum atomic E-state index is 12.7. The van der Waals surface area contributed by atoms with Gasteiger partial charge in [0.2, 0.25) is 11.9 Å². The van der Waals surface area contributed by atoms with Gasteiger partial charge in [0.25, 0.3) is 0 Å². The molecule has 1 saturated heterocycles. The summed E-state index contributed by atoms with van der Waals surface area (Å²) in [5.74, 6) is 0.939. The summed E-state index contributed by atoms with van der Waals surface area (Å²) in [6, 6.07) is 14.0. The van der Waals surface area contributed by atoms with Crippen LogP contribution in [-0.4, -0.2) is 35.5 Å². The molecule has 2 aromatic carbocycles. The van der Waals surface area contributed by atoms with Gasteiger partial charge < -0.3 is 15.2 Å². The summed E-state index contributed by atoms with van der Waals surface area (Å²) in [5.41, 5.74) is 4.37. The average molecular weight is 397 g/mol. The summed E-state index contributed by atoms with van der Waals surface area (Å²) >= 11 is 6.07. The van der Waals surface area contributed by atoms with Crippen molar-refractivity contribution in [3.8, 4) is 0 Å². The van der Waals surface area contributed by atoms with Gasteiger partial charge in [0, 0.05) is 24.7 Å². The van der Waals surface area contributed by atoms with E-state index in [1.807, 2.05) is 30.3 Å². The molecule has 0 aliphatic carbocycles. The zero-order valence-corrected chi connectivity index (χ0v) is 16.8. The molecule has 0 spiro atoms. The second kappa shape index (κ2) is 8.23. The lowest BCUT2D eigenvalue weighted by Crippen LogP contribution is -2.43. The van der Waals surface area contributed by atoms with Crippen LogP contribution in [-0.2, 0) is 11.2 Å². The Balaban J connectivity index is 1.36. The van der Waals surface area contributed by atoms with Crippen LogP contribution in [0.3, 0.4) is 0 Å². The Kier molecular flexibility index (Phi) is 5.53. The van der Waals surface area contributed by atoms with E-state index >= 15 is 0 Å². The number of nitrogens with one attached hydrogen (secondary N) is 2. The van der Waals surface area contributed by atoms with Gasteiger partial charge in [-0.25, -0.2) is 4.98 Å². The largest absolute Gasteiger partial charge is 0.355 e. The van der Waals surface area contributed by atoms with E-state index in [9.17, 15) is 4.79 Å². The molecule has 1 aliphatic rings. The number of rotatable bonds is 5. The number of piperidine rings is 1. The normalized spacial score (nSPS) is 17.1. The second-order valence-corrected chi connectivity index (χ2v) is 7.91. The number of H-pyrrole nitrogens is 1. The van der Waals surface area contributed by atoms with Crippen LogP contribution in [0.4, 0.5) is 5.95 Å². The zero-order valence-electron chi connectivity index (χ0n) is 16.0. The summed E-state index contributed by atoms with van der Waals surface area (Å²) in [4.78, 5) is 22.8. The molecular formula is C22H25ClN4O. The third-order valence-electron chi connectivity index (χ3n) is 5.48. The molecule has 4 rings (SSSR count). The Bertz CT molecular complexity index is 984. The predicted molar refractivity (Wildman–Crippen MR) is 114 cm³/mol. The summed E-state index contributed by atoms with van der Waals surface area (Å²) in [5, 5.41) is 3.81. The number of hydrogen-bond donors (Lipinski definition) is 2. The van der Waals surface area contributed by atoms with Crippen molar-refractivity contribution in [2.45, 2.75) is 26.2 Å². The number of carbonyl (C=O) groups excluding carboxylic acids is 1. The molecule has 3 aromatic rings. The number of imidazole rings is 1. The molecule has 6 heteroatoms. The third kappa shape index (κ3) is 4.14. The highest BCUT2D eigenvalue weighted by Crippen LogP contribution is 2.25. The van der Waals surface area contributed by atoms with Gasteiger partial charge in [0.05, 0.1) is 17.0 Å². The number of benzene rings is 2. The molecule has 2 N–H and O–H groups in total. The van der Waals surface area contributed by atoms with Gasteiger partial charge in [-0.15, -0.1) is 0 Å². The molecule has 1 aliphatic heterocycles. The van der Waals surface area contributed by atoms with Crippen LogP contribution in [0.5, 0.6) is 0 Å². The molecule has 0 unspecified atom stereocenters. The van der Waals surface area contributed by atoms with Crippen LogP contribution in [0, 0.1) is 12.8 Å². The van der Waals surface area contributed by atoms with Crippen molar-refractivity contribution in [1.82, 2.24) is 15.3 Å². The number of nitrogens with zero attached hydrogens (tertiary/aromatic N) is 2. The maximum absolute atomic E-state index is 12.7. The first kappa shape index (κ1) is 18.8. The Morgan fingerprint density at radius 1 is 1.32 bits per heavy atom. The summed E-state index contributed by atoms with van der Waals surface area (Å²) < 4.78 is 0. The Morgan fingerprint density at radius 3 is 3.04 bits per heavy atom. The lowest BCUT2D eigenvalue weighted by Gasteiger charge is -2.31. The van der Waals surface area contributed by atoms with Crippen molar-refractivity contribution in [3.63, 3.8) is 0 Å². The van der Waals surface area contributed by atoms with Crippen LogP contribution in [0.1, 0.15) is 24.0 Å². The average Bonchev–Trinajstić information content (AvgIpc) is 3.13. The van der Waals surface area contributed by atoms with Crippen LogP contribution >= 0.6 is 11.6 Å². The monoisotopic (exact) mass is 396 g/mol. The van der Waals surface area contributed by atoms with E-state index in [1.54, 1.807) is 0 Å². The standard InChI is InChI=1S/C22H25ClN4O/c1-15-5-2-3-6-16(15)10-11-24-21(28)17-7-4-12-27(14-17)22-25-19-9-8-18(23)13-20(19)26-22/h2-3,5-6,8-9,13,17H,4,7,10-12,14H2,1H3,(H,24,28)(H,25,26)/t17-/m0/s1. The first-order chi connectivity index (χ1) is 13.6. The molecule has 146 valence electrons. The molecule has 2 heterocycles. The van der Waals surface area contributed by atoms with Crippen LogP contribution in [0.2, 0.25) is 5.02 Å². The Labute approximate surface area is 170 Å². The highest BCUT2D eigenvalue weighted by atomic mass is 35.5. The van der Waals surface area contributed by atoms with Crippen LogP contribution < -0.4 is 10.2 Å². The summed E-state index contributed by atoms with van der Waals surface area (Å²) in [6.45, 7) is 4.37. The van der Waals surface area contributed by atoms with E-state index in [4.69, 9.17) is 11.6 Å². The second-order valence-electron chi connectivity index (χ2n) is 7.47. The number of aromatic nitrogens is 2. The summed E-state index contributed by atoms with van der Waals surface area (Å²) in [7, 11) is 0. The minimum atomic E-state index is -0.0116. The topological polar surface area (TPSA) is 61.0 Å². The Hall–Kier alpha value is -2.53. The van der Waals surface area contributed by atoms with Crippen molar-refractivity contribution >= 4 is 34.5 Å². The van der Waals surface area contributed by atoms with E-state index in [2.05, 4.69) is 39.2 Å². The zero-order chi connectivity index (χ0) is 19.5. The van der Waals surface area contributed by atoms with Crippen molar-refractivity contribution in [2.75, 3.05) is 24.5 Å². The van der Waals surface area contributed by atoms with Gasteiger partial charge >= 0.3 is 0 Å². The van der Waals surface area contributed by atoms with Crippen LogP contribution in [0.25, 0.3) is 11.0 Å². The molecule has 5 nitrogen and oxygen atoms in total. The number of amides is 1. The molecule has 0 saturated carbocycles. The highest BCUT2D eigenvalue weighted by molar-refractivity contribution is 6.31. The lowest BCUT2D eigenvalue weighted by atomic mass is 9.97. The molecule has 0 bridgehead atoms. The van der Waals surface area contributed by atoms with Crippen molar-refractivity contribution < 1.29 is 4.79 Å². The van der Waals surface area contributed by atoms with Crippen molar-refractivity contribution in [3.05, 3.63) is 58.6 Å². The number of hydrogen-bond acceptors (Lipinski definition) is 3. The lowest BCUT2D eigenvalue weighted by molar-refractivity contribution is -0.125. The number of halogens is 1. The molecule has 1 amide bonds. The van der Waals surface area contributed by atoms with Gasteiger partial charge in [-0.2, -0.15) is 0 Å². The van der Waals surface area contributed by atoms with E-state index in [1.165, 1.54) is 11.1 Å². The minimum absolute atomic E-state index is 0.0116. The third-order valence-corrected chi connectivity index (χ3v) is 5.71. The highest BCUT2D eigenvalue weighted by Gasteiger charge is 2.27. The van der Waals surface area contributed by atoms with E-state index in [0.29, 0.717) is 18.1 Å². The van der Waals surface area contributed by atoms with Crippen molar-refractivity contribution in [1.29, 1.82) is 0 Å². The van der Waals surface area contributed by atoms with E-state index < -0.39 is 0 Å². The summed E-state index contributed by atoms with van der Waals surface area (Å²) in [6.07, 6.45) is 2.76. The van der Waals surface area contributed by atoms with Crippen molar-refractivity contribution in [2.24, 2.45) is 5.92 Å². The van der Waals surface area contributed by atoms with Gasteiger partial charge in [0.1, 0.15) is 0 Å². The smallest absolute Gasteiger partial charge is 0.224 e. The SMILES string of the molecule is Cc1ccccc1CCNC(=O)[C@H]1CCCN(c2nc3ccc(Cl)cc3[nH]2)C1. The molecule has 1 atom stereocenters. The van der Waals surface area contributed by atoms with E-state index in [0.717, 1.165) is 42.8 Å². The van der Waals surface area contributed by atoms with E-state index in [-0.39, 0.29) is 11.8 Å². The number of aryl methyl sites for hydroxylation is 1. The molecular weight excluding hydrogens is 372 g/mol. The minimum Gasteiger partial charge on any atom is -0.355 e. The number of carbonyl (C=O) groups is 1. The predicted octanol–water partition coefficient (Wildman–Crippen LogP) is 4.10. The first-order valence-corrected chi connectivity index (χ1v) is 10.2. The quantitative estimate of drug-likeness (QED) is 0.682. The van der Waals surface area contributed by atoms with Gasteiger partial charge in [-0.3, -0.25) is 4.79 Å². The fraction of sp³-hybridized carbons (Fsp3) is 0.364. The first-order valence-electron chi connectivity index (χ1n) is 9.82. The fourth-order valence-corrected chi connectivity index (χ4v) is 4.03. The maximum Gasteiger partial charge on any atom is 0.224 e. The van der Waals surface area contributed by atoms with Crippen LogP contribution in [0.15, 0.2) is 42.5 Å².